The van der Waals surface area contributed by atoms with Gasteiger partial charge in [-0.2, -0.15) is 0 Å². The number of halogens is 1. The lowest BCUT2D eigenvalue weighted by molar-refractivity contribution is -0.384. The summed E-state index contributed by atoms with van der Waals surface area (Å²) in [5.74, 6) is -0.347. The van der Waals surface area contributed by atoms with Crippen LogP contribution in [0.25, 0.3) is 0 Å². The molecule has 0 atom stereocenters. The highest BCUT2D eigenvalue weighted by molar-refractivity contribution is 9.10. The highest BCUT2D eigenvalue weighted by atomic mass is 79.9. The van der Waals surface area contributed by atoms with Crippen LogP contribution < -0.4 is 5.32 Å². The second-order valence-corrected chi connectivity index (χ2v) is 5.23. The van der Waals surface area contributed by atoms with E-state index in [2.05, 4.69) is 21.2 Å². The summed E-state index contributed by atoms with van der Waals surface area (Å²) in [6, 6.07) is 8.59. The van der Waals surface area contributed by atoms with Crippen LogP contribution in [0.5, 0.6) is 5.75 Å². The van der Waals surface area contributed by atoms with Gasteiger partial charge in [-0.15, -0.1) is 0 Å². The molecule has 0 radical (unpaired) electrons. The first-order valence-corrected chi connectivity index (χ1v) is 6.72. The topological polar surface area (TPSA) is 92.5 Å². The Kier molecular flexibility index (Phi) is 4.23. The first-order chi connectivity index (χ1) is 9.88. The van der Waals surface area contributed by atoms with Gasteiger partial charge in [-0.1, -0.05) is 0 Å². The minimum atomic E-state index is -0.562. The molecule has 2 aromatic rings. The maximum absolute atomic E-state index is 12.2. The number of rotatable bonds is 3. The van der Waals surface area contributed by atoms with Gasteiger partial charge in [0.15, 0.2) is 0 Å². The second kappa shape index (κ2) is 5.92. The Balaban J connectivity index is 2.29. The summed E-state index contributed by atoms with van der Waals surface area (Å²) >= 11 is 3.20. The third-order valence-electron chi connectivity index (χ3n) is 2.86. The van der Waals surface area contributed by atoms with Crippen molar-refractivity contribution in [3.8, 4) is 5.75 Å². The molecule has 0 aliphatic heterocycles. The number of hydrogen-bond donors (Lipinski definition) is 2. The molecule has 2 N–H and O–H groups in total. The lowest BCUT2D eigenvalue weighted by Crippen LogP contribution is -2.13. The number of anilines is 1. The number of non-ortho nitro benzene ring substituents is 1. The maximum atomic E-state index is 12.2. The largest absolute Gasteiger partial charge is 0.508 e. The number of phenols is 1. The number of benzene rings is 2. The third-order valence-corrected chi connectivity index (χ3v) is 3.55. The molecule has 0 aliphatic carbocycles. The molecule has 0 fully saturated rings. The van der Waals surface area contributed by atoms with Crippen molar-refractivity contribution in [1.82, 2.24) is 0 Å². The predicted molar refractivity (Wildman–Crippen MR) is 81.6 cm³/mol. The zero-order valence-corrected chi connectivity index (χ0v) is 12.5. The number of nitrogens with zero attached hydrogens (tertiary/aromatic N) is 1. The Bertz CT molecular complexity index is 731. The van der Waals surface area contributed by atoms with Crippen LogP contribution >= 0.6 is 15.9 Å². The zero-order chi connectivity index (χ0) is 15.6. The number of nitro benzene ring substituents is 1. The maximum Gasteiger partial charge on any atom is 0.270 e. The fourth-order valence-corrected chi connectivity index (χ4v) is 2.16. The SMILES string of the molecule is Cc1cc(NC(=O)c2cc([N+](=O)[O-])ccc2Br)ccc1O. The highest BCUT2D eigenvalue weighted by Gasteiger charge is 2.16. The van der Waals surface area contributed by atoms with Crippen molar-refractivity contribution in [1.29, 1.82) is 0 Å². The van der Waals surface area contributed by atoms with E-state index in [0.717, 1.165) is 0 Å². The number of carbonyl (C=O) groups excluding carboxylic acids is 1. The van der Waals surface area contributed by atoms with E-state index in [1.807, 2.05) is 0 Å². The molecule has 1 amide bonds. The van der Waals surface area contributed by atoms with E-state index in [0.29, 0.717) is 15.7 Å². The Morgan fingerprint density at radius 3 is 2.62 bits per heavy atom. The van der Waals surface area contributed by atoms with Crippen molar-refractivity contribution in [3.63, 3.8) is 0 Å². The molecule has 0 bridgehead atoms. The van der Waals surface area contributed by atoms with Crippen molar-refractivity contribution >= 4 is 33.2 Å². The van der Waals surface area contributed by atoms with Crippen LogP contribution in [0.1, 0.15) is 15.9 Å². The average molecular weight is 351 g/mol. The summed E-state index contributed by atoms with van der Waals surface area (Å²) in [6.45, 7) is 1.70. The molecule has 2 rings (SSSR count). The molecule has 0 heterocycles. The smallest absolute Gasteiger partial charge is 0.270 e. The van der Waals surface area contributed by atoms with Crippen LogP contribution in [0.2, 0.25) is 0 Å². The van der Waals surface area contributed by atoms with Gasteiger partial charge in [0.1, 0.15) is 5.75 Å². The molecule has 0 saturated carbocycles. The minimum absolute atomic E-state index is 0.129. The van der Waals surface area contributed by atoms with E-state index < -0.39 is 10.8 Å². The normalized spacial score (nSPS) is 10.2. The van der Waals surface area contributed by atoms with Gasteiger partial charge in [0.25, 0.3) is 11.6 Å². The van der Waals surface area contributed by atoms with Crippen LogP contribution in [0.15, 0.2) is 40.9 Å². The molecule has 0 aromatic heterocycles. The lowest BCUT2D eigenvalue weighted by Gasteiger charge is -2.08. The number of aryl methyl sites for hydroxylation is 1. The lowest BCUT2D eigenvalue weighted by atomic mass is 10.1. The number of phenolic OH excluding ortho intramolecular Hbond substituents is 1. The van der Waals surface area contributed by atoms with Gasteiger partial charge in [-0.25, -0.2) is 0 Å². The van der Waals surface area contributed by atoms with Gasteiger partial charge < -0.3 is 10.4 Å². The van der Waals surface area contributed by atoms with Gasteiger partial charge in [0.2, 0.25) is 0 Å². The summed E-state index contributed by atoms with van der Waals surface area (Å²) in [5.41, 5.74) is 1.11. The number of nitro groups is 1. The van der Waals surface area contributed by atoms with Crippen LogP contribution in [0.3, 0.4) is 0 Å². The predicted octanol–water partition coefficient (Wildman–Crippen LogP) is 3.62. The van der Waals surface area contributed by atoms with Gasteiger partial charge in [-0.05, 0) is 52.7 Å². The Morgan fingerprint density at radius 2 is 2.00 bits per heavy atom. The average Bonchev–Trinajstić information content (AvgIpc) is 2.43. The Labute approximate surface area is 128 Å². The van der Waals surface area contributed by atoms with E-state index in [4.69, 9.17) is 0 Å². The fraction of sp³-hybridized carbons (Fsp3) is 0.0714. The number of nitrogens with one attached hydrogen (secondary N) is 1. The second-order valence-electron chi connectivity index (χ2n) is 4.38. The summed E-state index contributed by atoms with van der Waals surface area (Å²) < 4.78 is 0.459. The minimum Gasteiger partial charge on any atom is -0.508 e. The van der Waals surface area contributed by atoms with E-state index in [1.165, 1.54) is 24.3 Å². The van der Waals surface area contributed by atoms with Crippen LogP contribution in [0, 0.1) is 17.0 Å². The quantitative estimate of drug-likeness (QED) is 0.502. The number of amides is 1. The molecule has 0 spiro atoms. The van der Waals surface area contributed by atoms with Gasteiger partial charge in [0.05, 0.1) is 10.5 Å². The zero-order valence-electron chi connectivity index (χ0n) is 11.0. The van der Waals surface area contributed by atoms with Gasteiger partial charge in [-0.3, -0.25) is 14.9 Å². The molecule has 7 heteroatoms. The molecule has 108 valence electrons. The first kappa shape index (κ1) is 15.0. The Morgan fingerprint density at radius 1 is 1.29 bits per heavy atom. The molecule has 21 heavy (non-hydrogen) atoms. The molecule has 0 aliphatic rings. The van der Waals surface area contributed by atoms with Crippen LogP contribution in [-0.4, -0.2) is 15.9 Å². The van der Waals surface area contributed by atoms with Crippen molar-refractivity contribution < 1.29 is 14.8 Å². The standard InChI is InChI=1S/C14H11BrN2O4/c1-8-6-9(2-5-13(8)18)16-14(19)11-7-10(17(20)21)3-4-12(11)15/h2-7,18H,1H3,(H,16,19). The summed E-state index contributed by atoms with van der Waals surface area (Å²) in [7, 11) is 0. The van der Waals surface area contributed by atoms with E-state index in [1.54, 1.807) is 19.1 Å². The van der Waals surface area contributed by atoms with Crippen LogP contribution in [-0.2, 0) is 0 Å². The number of aromatic hydroxyl groups is 1. The van der Waals surface area contributed by atoms with Gasteiger partial charge in [0, 0.05) is 22.3 Å². The van der Waals surface area contributed by atoms with E-state index >= 15 is 0 Å². The summed E-state index contributed by atoms with van der Waals surface area (Å²) in [6.07, 6.45) is 0. The molecule has 6 nitrogen and oxygen atoms in total. The van der Waals surface area contributed by atoms with E-state index in [9.17, 15) is 20.0 Å². The Hall–Kier alpha value is -2.41. The van der Waals surface area contributed by atoms with Gasteiger partial charge >= 0.3 is 0 Å². The molecular weight excluding hydrogens is 340 g/mol. The fourth-order valence-electron chi connectivity index (χ4n) is 1.73. The third kappa shape index (κ3) is 3.38. The number of carbonyl (C=O) groups is 1. The van der Waals surface area contributed by atoms with Crippen molar-refractivity contribution in [2.45, 2.75) is 6.92 Å². The number of hydrogen-bond acceptors (Lipinski definition) is 4. The first-order valence-electron chi connectivity index (χ1n) is 5.93. The summed E-state index contributed by atoms with van der Waals surface area (Å²) in [5, 5.41) is 22.8. The monoisotopic (exact) mass is 350 g/mol. The highest BCUT2D eigenvalue weighted by Crippen LogP contribution is 2.25. The van der Waals surface area contributed by atoms with E-state index in [-0.39, 0.29) is 17.0 Å². The van der Waals surface area contributed by atoms with Crippen molar-refractivity contribution in [2.75, 3.05) is 5.32 Å². The molecular formula is C14H11BrN2O4. The van der Waals surface area contributed by atoms with Crippen molar-refractivity contribution in [2.24, 2.45) is 0 Å². The molecule has 0 unspecified atom stereocenters. The molecule has 2 aromatic carbocycles. The van der Waals surface area contributed by atoms with Crippen molar-refractivity contribution in [3.05, 3.63) is 62.1 Å². The van der Waals surface area contributed by atoms with Crippen LogP contribution in [0.4, 0.5) is 11.4 Å². The molecule has 0 saturated heterocycles. The summed E-state index contributed by atoms with van der Waals surface area (Å²) in [4.78, 5) is 22.4.